The summed E-state index contributed by atoms with van der Waals surface area (Å²) in [6.07, 6.45) is 0.449. The van der Waals surface area contributed by atoms with Crippen LogP contribution in [-0.2, 0) is 11.3 Å². The number of aromatic nitrogens is 2. The summed E-state index contributed by atoms with van der Waals surface area (Å²) in [4.78, 5) is 18.8. The second kappa shape index (κ2) is 8.80. The van der Waals surface area contributed by atoms with Gasteiger partial charge in [-0.3, -0.25) is 9.36 Å². The predicted molar refractivity (Wildman–Crippen MR) is 99.4 cm³/mol. The molecule has 25 heavy (non-hydrogen) atoms. The van der Waals surface area contributed by atoms with E-state index in [-0.39, 0.29) is 5.56 Å². The molecule has 0 radical (unpaired) electrons. The largest absolute Gasteiger partial charge is 0.386 e. The molecule has 2 aromatic rings. The predicted octanol–water partition coefficient (Wildman–Crippen LogP) is 0.175. The number of aliphatic hydroxyl groups excluding tert-OH is 1. The fourth-order valence-corrected chi connectivity index (χ4v) is 4.06. The third kappa shape index (κ3) is 4.61. The molecule has 2 heterocycles. The van der Waals surface area contributed by atoms with E-state index >= 15 is 0 Å². The van der Waals surface area contributed by atoms with Crippen LogP contribution in [0.15, 0.2) is 34.2 Å². The average molecular weight is 364 g/mol. The maximum Gasteiger partial charge on any atom is 0.262 e. The fraction of sp³-hybridized carbons (Fsp3) is 0.556. The Morgan fingerprint density at radius 1 is 1.36 bits per heavy atom. The molecule has 1 aromatic carbocycles. The van der Waals surface area contributed by atoms with E-state index in [0.717, 1.165) is 38.2 Å². The molecule has 2 N–H and O–H groups in total. The summed E-state index contributed by atoms with van der Waals surface area (Å²) in [6.45, 7) is 6.81. The molecule has 1 aliphatic rings. The van der Waals surface area contributed by atoms with Gasteiger partial charge in [0, 0.05) is 12.3 Å². The van der Waals surface area contributed by atoms with Gasteiger partial charge in [-0.05, 0) is 18.6 Å². The lowest BCUT2D eigenvalue weighted by Gasteiger charge is -2.25. The van der Waals surface area contributed by atoms with E-state index < -0.39 is 6.10 Å². The normalized spacial score (nSPS) is 17.0. The number of para-hydroxylation sites is 1. The number of hydrogen-bond donors (Lipinski definition) is 2. The fourth-order valence-electron chi connectivity index (χ4n) is 3.11. The first-order chi connectivity index (χ1) is 12.2. The van der Waals surface area contributed by atoms with Crippen LogP contribution in [-0.4, -0.2) is 59.4 Å². The second-order valence-corrected chi connectivity index (χ2v) is 7.39. The molecule has 0 amide bonds. The highest BCUT2D eigenvalue weighted by atomic mass is 32.2. The summed E-state index contributed by atoms with van der Waals surface area (Å²) in [7, 11) is 0. The minimum atomic E-state index is -0.420. The summed E-state index contributed by atoms with van der Waals surface area (Å²) >= 11 is 1.47. The van der Waals surface area contributed by atoms with Crippen molar-refractivity contribution in [3.8, 4) is 0 Å². The summed E-state index contributed by atoms with van der Waals surface area (Å²) in [5, 5.41) is 11.7. The molecule has 1 saturated heterocycles. The van der Waals surface area contributed by atoms with Crippen LogP contribution in [0.4, 0.5) is 0 Å². The molecule has 1 aliphatic heterocycles. The number of benzene rings is 1. The van der Waals surface area contributed by atoms with Gasteiger partial charge in [0.05, 0.1) is 24.1 Å². The van der Waals surface area contributed by atoms with Crippen LogP contribution < -0.4 is 10.5 Å². The number of hydrogen-bond acceptors (Lipinski definition) is 5. The molecule has 0 unspecified atom stereocenters. The number of fused-ring (bicyclic) bond motifs is 1. The van der Waals surface area contributed by atoms with Crippen LogP contribution in [0.25, 0.3) is 10.9 Å². The van der Waals surface area contributed by atoms with E-state index in [1.807, 2.05) is 31.2 Å². The molecule has 1 fully saturated rings. The van der Waals surface area contributed by atoms with Crippen molar-refractivity contribution in [3.63, 3.8) is 0 Å². The number of aliphatic hydroxyl groups is 1. The summed E-state index contributed by atoms with van der Waals surface area (Å²) < 4.78 is 7.09. The van der Waals surface area contributed by atoms with Crippen molar-refractivity contribution in [1.29, 1.82) is 0 Å². The van der Waals surface area contributed by atoms with E-state index in [2.05, 4.69) is 4.98 Å². The van der Waals surface area contributed by atoms with Gasteiger partial charge in [-0.15, -0.1) is 0 Å². The summed E-state index contributed by atoms with van der Waals surface area (Å²) in [5.74, 6) is 0.541. The molecule has 0 spiro atoms. The van der Waals surface area contributed by atoms with Gasteiger partial charge in [-0.1, -0.05) is 30.8 Å². The van der Waals surface area contributed by atoms with Crippen molar-refractivity contribution in [2.24, 2.45) is 0 Å². The molecule has 3 rings (SSSR count). The van der Waals surface area contributed by atoms with Crippen LogP contribution >= 0.6 is 11.8 Å². The zero-order valence-electron chi connectivity index (χ0n) is 14.6. The summed E-state index contributed by atoms with van der Waals surface area (Å²) in [6, 6.07) is 7.45. The van der Waals surface area contributed by atoms with Gasteiger partial charge in [0.2, 0.25) is 0 Å². The molecule has 0 aliphatic carbocycles. The number of thioether (sulfide) groups is 1. The molecular formula is C18H26N3O3S+. The van der Waals surface area contributed by atoms with Crippen molar-refractivity contribution in [2.45, 2.75) is 31.1 Å². The Morgan fingerprint density at radius 2 is 2.12 bits per heavy atom. The number of morpholine rings is 1. The number of quaternary nitrogens is 1. The molecule has 0 saturated carbocycles. The van der Waals surface area contributed by atoms with Gasteiger partial charge < -0.3 is 14.7 Å². The average Bonchev–Trinajstić information content (AvgIpc) is 2.63. The van der Waals surface area contributed by atoms with Gasteiger partial charge in [0.15, 0.2) is 5.16 Å². The molecule has 0 bridgehead atoms. The Bertz CT molecular complexity index is 759. The highest BCUT2D eigenvalue weighted by Gasteiger charge is 2.19. The van der Waals surface area contributed by atoms with Gasteiger partial charge in [-0.2, -0.15) is 0 Å². The zero-order chi connectivity index (χ0) is 17.6. The zero-order valence-corrected chi connectivity index (χ0v) is 15.4. The van der Waals surface area contributed by atoms with Crippen LogP contribution in [0.1, 0.15) is 13.3 Å². The van der Waals surface area contributed by atoms with Gasteiger partial charge in [0.25, 0.3) is 5.56 Å². The van der Waals surface area contributed by atoms with Crippen LogP contribution in [0.2, 0.25) is 0 Å². The first-order valence-corrected chi connectivity index (χ1v) is 9.89. The minimum absolute atomic E-state index is 0.00300. The molecule has 1 aromatic heterocycles. The van der Waals surface area contributed by atoms with Gasteiger partial charge in [0.1, 0.15) is 25.7 Å². The Hall–Kier alpha value is -1.41. The third-order valence-electron chi connectivity index (χ3n) is 4.40. The summed E-state index contributed by atoms with van der Waals surface area (Å²) in [5.41, 5.74) is 0.721. The van der Waals surface area contributed by atoms with Crippen LogP contribution in [0, 0.1) is 0 Å². The number of nitrogens with zero attached hydrogens (tertiary/aromatic N) is 2. The van der Waals surface area contributed by atoms with Crippen molar-refractivity contribution in [1.82, 2.24) is 9.55 Å². The lowest BCUT2D eigenvalue weighted by Crippen LogP contribution is -3.15. The lowest BCUT2D eigenvalue weighted by atomic mass is 10.2. The Kier molecular flexibility index (Phi) is 6.47. The highest BCUT2D eigenvalue weighted by Crippen LogP contribution is 2.18. The van der Waals surface area contributed by atoms with Crippen molar-refractivity contribution >= 4 is 22.7 Å². The Morgan fingerprint density at radius 3 is 2.88 bits per heavy atom. The molecule has 7 heteroatoms. The Labute approximate surface area is 151 Å². The van der Waals surface area contributed by atoms with E-state index in [4.69, 9.17) is 4.74 Å². The smallest absolute Gasteiger partial charge is 0.262 e. The van der Waals surface area contributed by atoms with Gasteiger partial charge >= 0.3 is 0 Å². The molecular weight excluding hydrogens is 338 g/mol. The third-order valence-corrected chi connectivity index (χ3v) is 5.52. The first kappa shape index (κ1) is 18.4. The molecule has 6 nitrogen and oxygen atoms in total. The maximum absolute atomic E-state index is 12.7. The van der Waals surface area contributed by atoms with E-state index in [1.165, 1.54) is 16.7 Å². The number of rotatable bonds is 7. The standard InChI is InChI=1S/C18H25N3O3S/c1-2-7-21-17(23)15-5-3-4-6-16(15)19-18(21)25-13-14(22)12-20-8-10-24-11-9-20/h3-6,14,22H,2,7-13H2,1H3/p+1/t14-/m0/s1. The number of ether oxygens (including phenoxy) is 1. The van der Waals surface area contributed by atoms with E-state index in [0.29, 0.717) is 29.4 Å². The second-order valence-electron chi connectivity index (χ2n) is 6.40. The van der Waals surface area contributed by atoms with E-state index in [1.54, 1.807) is 4.57 Å². The monoisotopic (exact) mass is 364 g/mol. The SMILES string of the molecule is CCCn1c(SC[C@@H](O)C[NH+]2CCOCC2)nc2ccccc2c1=O. The van der Waals surface area contributed by atoms with Crippen molar-refractivity contribution in [2.75, 3.05) is 38.6 Å². The topological polar surface area (TPSA) is 68.8 Å². The van der Waals surface area contributed by atoms with Crippen molar-refractivity contribution < 1.29 is 14.7 Å². The highest BCUT2D eigenvalue weighted by molar-refractivity contribution is 7.99. The molecule has 136 valence electrons. The van der Waals surface area contributed by atoms with Crippen LogP contribution in [0.5, 0.6) is 0 Å². The number of nitrogens with one attached hydrogen (secondary N) is 1. The van der Waals surface area contributed by atoms with E-state index in [9.17, 15) is 9.90 Å². The minimum Gasteiger partial charge on any atom is -0.386 e. The van der Waals surface area contributed by atoms with Gasteiger partial charge in [-0.25, -0.2) is 4.98 Å². The molecule has 1 atom stereocenters. The lowest BCUT2D eigenvalue weighted by molar-refractivity contribution is -0.910. The van der Waals surface area contributed by atoms with Crippen LogP contribution in [0.3, 0.4) is 0 Å². The quantitative estimate of drug-likeness (QED) is 0.542. The Balaban J connectivity index is 1.73. The van der Waals surface area contributed by atoms with Crippen molar-refractivity contribution in [3.05, 3.63) is 34.6 Å². The first-order valence-electron chi connectivity index (χ1n) is 8.90. The maximum atomic E-state index is 12.7.